The van der Waals surface area contributed by atoms with E-state index in [2.05, 4.69) is 0 Å². The van der Waals surface area contributed by atoms with Crippen LogP contribution in [0.2, 0.25) is 0 Å². The van der Waals surface area contributed by atoms with Crippen molar-refractivity contribution in [2.45, 2.75) is 55.9 Å². The molecular weight excluding hydrogens is 254 g/mol. The van der Waals surface area contributed by atoms with E-state index in [1.165, 1.54) is 6.26 Å². The third-order valence-electron chi connectivity index (χ3n) is 4.53. The minimum absolute atomic E-state index is 0.122. The third-order valence-corrected chi connectivity index (χ3v) is 6.17. The van der Waals surface area contributed by atoms with Gasteiger partial charge in [-0.25, -0.2) is 8.42 Å². The summed E-state index contributed by atoms with van der Waals surface area (Å²) in [7, 11) is -3.10. The monoisotopic (exact) mass is 275 g/mol. The van der Waals surface area contributed by atoms with Gasteiger partial charge in [-0.05, 0) is 39.2 Å². The van der Waals surface area contributed by atoms with Crippen molar-refractivity contribution in [2.24, 2.45) is 0 Å². The van der Waals surface area contributed by atoms with E-state index in [0.717, 1.165) is 19.3 Å². The Kier molecular flexibility index (Phi) is 3.44. The van der Waals surface area contributed by atoms with E-state index in [1.807, 2.05) is 4.90 Å². The molecule has 0 aromatic carbocycles. The second kappa shape index (κ2) is 4.49. The van der Waals surface area contributed by atoms with Gasteiger partial charge in [0.1, 0.15) is 5.54 Å². The Morgan fingerprint density at radius 1 is 1.33 bits per heavy atom. The molecule has 1 aliphatic carbocycles. The molecule has 0 aromatic heterocycles. The van der Waals surface area contributed by atoms with E-state index < -0.39 is 26.6 Å². The predicted octanol–water partition coefficient (Wildman–Crippen LogP) is 0.891. The summed E-state index contributed by atoms with van der Waals surface area (Å²) in [6.07, 6.45) is 5.03. The molecule has 3 unspecified atom stereocenters. The summed E-state index contributed by atoms with van der Waals surface area (Å²) in [6.45, 7) is 2.42. The molecule has 0 spiro atoms. The van der Waals surface area contributed by atoms with Crippen LogP contribution in [0.4, 0.5) is 0 Å². The molecular formula is C12H21NO4S. The van der Waals surface area contributed by atoms with Gasteiger partial charge in [0.15, 0.2) is 9.84 Å². The zero-order valence-electron chi connectivity index (χ0n) is 10.9. The Balaban J connectivity index is 2.28. The molecule has 0 aromatic rings. The zero-order chi connectivity index (χ0) is 13.6. The normalized spacial score (nSPS) is 38.1. The molecule has 2 aliphatic rings. The fourth-order valence-corrected chi connectivity index (χ4v) is 4.96. The molecule has 0 amide bonds. The van der Waals surface area contributed by atoms with Gasteiger partial charge in [-0.15, -0.1) is 0 Å². The van der Waals surface area contributed by atoms with Gasteiger partial charge in [0, 0.05) is 12.3 Å². The zero-order valence-corrected chi connectivity index (χ0v) is 11.7. The highest BCUT2D eigenvalue weighted by molar-refractivity contribution is 7.91. The van der Waals surface area contributed by atoms with Crippen LogP contribution in [0.5, 0.6) is 0 Å². The lowest BCUT2D eigenvalue weighted by Gasteiger charge is -2.38. The van der Waals surface area contributed by atoms with Gasteiger partial charge in [-0.1, -0.05) is 6.42 Å². The van der Waals surface area contributed by atoms with Crippen LogP contribution in [0.25, 0.3) is 0 Å². The van der Waals surface area contributed by atoms with Gasteiger partial charge >= 0.3 is 5.97 Å². The van der Waals surface area contributed by atoms with Crippen molar-refractivity contribution in [1.29, 1.82) is 0 Å². The van der Waals surface area contributed by atoms with Crippen LogP contribution in [0, 0.1) is 0 Å². The summed E-state index contributed by atoms with van der Waals surface area (Å²) < 4.78 is 23.6. The summed E-state index contributed by atoms with van der Waals surface area (Å²) in [5, 5.41) is 9.01. The van der Waals surface area contributed by atoms with E-state index >= 15 is 0 Å². The number of sulfone groups is 1. The number of hydrogen-bond donors (Lipinski definition) is 1. The second-order valence-electron chi connectivity index (χ2n) is 5.74. The van der Waals surface area contributed by atoms with Gasteiger partial charge < -0.3 is 5.11 Å². The second-order valence-corrected chi connectivity index (χ2v) is 8.01. The average molecular weight is 275 g/mol. The number of hydrogen-bond acceptors (Lipinski definition) is 4. The van der Waals surface area contributed by atoms with Crippen LogP contribution in [0.1, 0.15) is 39.0 Å². The van der Waals surface area contributed by atoms with Crippen molar-refractivity contribution in [1.82, 2.24) is 4.90 Å². The lowest BCUT2D eigenvalue weighted by molar-refractivity contribution is -0.149. The quantitative estimate of drug-likeness (QED) is 0.828. The summed E-state index contributed by atoms with van der Waals surface area (Å²) in [4.78, 5) is 13.4. The molecule has 5 nitrogen and oxygen atoms in total. The maximum Gasteiger partial charge on any atom is 0.323 e. The first-order valence-corrected chi connectivity index (χ1v) is 8.41. The first-order valence-electron chi connectivity index (χ1n) is 6.46. The van der Waals surface area contributed by atoms with Crippen LogP contribution in [-0.2, 0) is 14.6 Å². The van der Waals surface area contributed by atoms with Crippen molar-refractivity contribution in [3.63, 3.8) is 0 Å². The molecule has 18 heavy (non-hydrogen) atoms. The molecule has 104 valence electrons. The Bertz CT molecular complexity index is 447. The molecule has 1 heterocycles. The average Bonchev–Trinajstić information content (AvgIpc) is 2.82. The molecule has 1 saturated heterocycles. The maximum absolute atomic E-state index is 11.8. The Morgan fingerprint density at radius 2 is 2.00 bits per heavy atom. The molecule has 2 rings (SSSR count). The highest BCUT2D eigenvalue weighted by atomic mass is 32.2. The summed E-state index contributed by atoms with van der Waals surface area (Å²) in [5.74, 6) is -0.834. The van der Waals surface area contributed by atoms with Crippen molar-refractivity contribution in [2.75, 3.05) is 12.8 Å². The fourth-order valence-electron chi connectivity index (χ4n) is 3.51. The standard InChI is InChI=1S/C12H21NO4S/c1-12(11(14)15)7-4-8-13(12)9-5-3-6-10(9)18(2,16)17/h9-10H,3-8H2,1-2H3,(H,14,15). The third kappa shape index (κ3) is 2.16. The van der Waals surface area contributed by atoms with Crippen LogP contribution in [0.3, 0.4) is 0 Å². The van der Waals surface area contributed by atoms with Crippen LogP contribution in [0.15, 0.2) is 0 Å². The van der Waals surface area contributed by atoms with Crippen molar-refractivity contribution in [3.8, 4) is 0 Å². The Hall–Kier alpha value is -0.620. The maximum atomic E-state index is 11.8. The van der Waals surface area contributed by atoms with E-state index in [-0.39, 0.29) is 6.04 Å². The Labute approximate surface area is 108 Å². The minimum atomic E-state index is -3.10. The van der Waals surface area contributed by atoms with E-state index in [4.69, 9.17) is 0 Å². The number of nitrogens with zero attached hydrogens (tertiary/aromatic N) is 1. The van der Waals surface area contributed by atoms with Crippen LogP contribution < -0.4 is 0 Å². The Morgan fingerprint density at radius 3 is 2.56 bits per heavy atom. The van der Waals surface area contributed by atoms with Crippen LogP contribution in [-0.4, -0.2) is 54.0 Å². The number of carboxylic acid groups (broad SMARTS) is 1. The smallest absolute Gasteiger partial charge is 0.323 e. The number of carboxylic acids is 1. The highest BCUT2D eigenvalue weighted by Gasteiger charge is 2.50. The van der Waals surface area contributed by atoms with E-state index in [1.54, 1.807) is 6.92 Å². The van der Waals surface area contributed by atoms with Crippen molar-refractivity contribution < 1.29 is 18.3 Å². The topological polar surface area (TPSA) is 74.7 Å². The molecule has 1 N–H and O–H groups in total. The predicted molar refractivity (Wildman–Crippen MR) is 68.3 cm³/mol. The van der Waals surface area contributed by atoms with Crippen LogP contribution >= 0.6 is 0 Å². The van der Waals surface area contributed by atoms with Crippen molar-refractivity contribution in [3.05, 3.63) is 0 Å². The molecule has 0 radical (unpaired) electrons. The van der Waals surface area contributed by atoms with E-state index in [0.29, 0.717) is 19.4 Å². The molecule has 0 bridgehead atoms. The molecule has 6 heteroatoms. The molecule has 1 aliphatic heterocycles. The number of aliphatic carboxylic acids is 1. The largest absolute Gasteiger partial charge is 0.480 e. The lowest BCUT2D eigenvalue weighted by Crippen LogP contribution is -2.55. The van der Waals surface area contributed by atoms with E-state index in [9.17, 15) is 18.3 Å². The fraction of sp³-hybridized carbons (Fsp3) is 0.917. The summed E-state index contributed by atoms with van der Waals surface area (Å²) in [6, 6.07) is -0.122. The molecule has 3 atom stereocenters. The highest BCUT2D eigenvalue weighted by Crippen LogP contribution is 2.38. The molecule has 2 fully saturated rings. The first kappa shape index (κ1) is 13.8. The van der Waals surface area contributed by atoms with Crippen molar-refractivity contribution >= 4 is 15.8 Å². The van der Waals surface area contributed by atoms with Gasteiger partial charge in [0.2, 0.25) is 0 Å². The van der Waals surface area contributed by atoms with Gasteiger partial charge in [-0.2, -0.15) is 0 Å². The number of rotatable bonds is 3. The SMILES string of the molecule is CC1(C(=O)O)CCCN1C1CCCC1S(C)(=O)=O. The molecule has 1 saturated carbocycles. The first-order chi connectivity index (χ1) is 8.27. The number of likely N-dealkylation sites (tertiary alicyclic amines) is 1. The lowest BCUT2D eigenvalue weighted by atomic mass is 9.97. The summed E-state index contributed by atoms with van der Waals surface area (Å²) >= 11 is 0. The minimum Gasteiger partial charge on any atom is -0.480 e. The number of carbonyl (C=O) groups is 1. The summed E-state index contributed by atoms with van der Waals surface area (Å²) in [5.41, 5.74) is -0.891. The van der Waals surface area contributed by atoms with Gasteiger partial charge in [0.05, 0.1) is 5.25 Å². The van der Waals surface area contributed by atoms with Gasteiger partial charge in [0.25, 0.3) is 0 Å². The van der Waals surface area contributed by atoms with Gasteiger partial charge in [-0.3, -0.25) is 9.69 Å².